The first-order valence-corrected chi connectivity index (χ1v) is 23.4. The number of esters is 3. The van der Waals surface area contributed by atoms with E-state index in [-0.39, 0.29) is 46.9 Å². The molecule has 316 valence electrons. The first-order chi connectivity index (χ1) is 28.3. The Kier molecular flexibility index (Phi) is 16.1. The molecule has 10 heteroatoms. The second-order valence-electron chi connectivity index (χ2n) is 17.2. The Morgan fingerprint density at radius 3 is 1.98 bits per heavy atom. The lowest BCUT2D eigenvalue weighted by Crippen LogP contribution is -2.56. The third kappa shape index (κ3) is 11.1. The van der Waals surface area contributed by atoms with Crippen molar-refractivity contribution in [1.82, 2.24) is 5.32 Å². The Morgan fingerprint density at radius 2 is 1.37 bits per heavy atom. The van der Waals surface area contributed by atoms with Crippen LogP contribution in [-0.2, 0) is 34.6 Å². The van der Waals surface area contributed by atoms with Gasteiger partial charge in [0.15, 0.2) is 6.10 Å². The van der Waals surface area contributed by atoms with E-state index >= 15 is 4.79 Å². The molecule has 2 saturated carbocycles. The summed E-state index contributed by atoms with van der Waals surface area (Å²) in [6.07, 6.45) is 4.59. The predicted octanol–water partition coefficient (Wildman–Crippen LogP) is 10.1. The lowest BCUT2D eigenvalue weighted by atomic mass is 9.65. The van der Waals surface area contributed by atoms with Gasteiger partial charge in [0.05, 0.1) is 18.2 Å². The molecule has 3 aromatic carbocycles. The zero-order valence-electron chi connectivity index (χ0n) is 35.6. The molecule has 3 aromatic rings. The molecule has 2 fully saturated rings. The average molecular weight is 822 g/mol. The fourth-order valence-electron chi connectivity index (χ4n) is 9.86. The van der Waals surface area contributed by atoms with Crippen LogP contribution in [-0.4, -0.2) is 57.1 Å². The van der Waals surface area contributed by atoms with Gasteiger partial charge < -0.3 is 24.0 Å². The molecule has 0 heterocycles. The maximum Gasteiger partial charge on any atom is 0.338 e. The molecule has 0 saturated heterocycles. The molecular formula is C49H63NO8Si. The van der Waals surface area contributed by atoms with E-state index in [9.17, 15) is 14.4 Å². The van der Waals surface area contributed by atoms with Gasteiger partial charge in [-0.1, -0.05) is 115 Å². The van der Waals surface area contributed by atoms with E-state index in [1.165, 1.54) is 0 Å². The van der Waals surface area contributed by atoms with Crippen LogP contribution in [0.5, 0.6) is 0 Å². The number of ether oxygens (including phenoxy) is 3. The first-order valence-electron chi connectivity index (χ1n) is 21.3. The van der Waals surface area contributed by atoms with E-state index in [4.69, 9.17) is 18.6 Å². The molecule has 1 amide bonds. The molecule has 1 N–H and O–H groups in total. The number of aryl methyl sites for hydroxylation is 1. The Balaban J connectivity index is 1.53. The van der Waals surface area contributed by atoms with Gasteiger partial charge in [-0.2, -0.15) is 0 Å². The number of carbonyl (C=O) groups is 4. The molecule has 0 aliphatic heterocycles. The standard InChI is InChI=1S/C49H63NO8Si/c1-9-11-20-36-21-18-19-26-42(36)44(50-47(52)37-22-14-12-15-23-37)46(58-59(32(3)4,33(5)6)34(7)8)49(54)56-41-29-35-27-39(30-41)45(40(28-35)31-55-43(51)10-2)57-48(53)38-24-16-13-17-25-38/h9-10,12-19,21-26,32-35,39-41,44-46H,1-2,11,20,27-31H2,3-8H3,(H,50,52)/t35?,39?,40?,41?,44-,45?,46+/m0/s1. The van der Waals surface area contributed by atoms with Crippen molar-refractivity contribution in [1.29, 1.82) is 0 Å². The summed E-state index contributed by atoms with van der Waals surface area (Å²) in [5, 5.41) is 3.27. The van der Waals surface area contributed by atoms with Gasteiger partial charge in [0, 0.05) is 23.5 Å². The number of allylic oxidation sites excluding steroid dienone is 1. The highest BCUT2D eigenvalue weighted by atomic mass is 28.4. The van der Waals surface area contributed by atoms with Crippen molar-refractivity contribution in [3.63, 3.8) is 0 Å². The summed E-state index contributed by atoms with van der Waals surface area (Å²) in [5.41, 5.74) is 3.10. The van der Waals surface area contributed by atoms with Gasteiger partial charge in [-0.15, -0.1) is 6.58 Å². The second-order valence-corrected chi connectivity index (χ2v) is 22.6. The van der Waals surface area contributed by atoms with Gasteiger partial charge in [0.1, 0.15) is 12.2 Å². The van der Waals surface area contributed by atoms with Crippen LogP contribution in [0.3, 0.4) is 0 Å². The fourth-order valence-corrected chi connectivity index (χ4v) is 15.4. The number of benzene rings is 3. The number of hydrogen-bond donors (Lipinski definition) is 1. The molecule has 0 radical (unpaired) electrons. The van der Waals surface area contributed by atoms with Crippen LogP contribution in [0.2, 0.25) is 16.6 Å². The first kappa shape index (κ1) is 45.3. The maximum absolute atomic E-state index is 15.2. The lowest BCUT2D eigenvalue weighted by molar-refractivity contribution is -0.168. The van der Waals surface area contributed by atoms with Gasteiger partial charge in [-0.25, -0.2) is 14.4 Å². The molecule has 2 aliphatic rings. The summed E-state index contributed by atoms with van der Waals surface area (Å²) in [7, 11) is -2.78. The van der Waals surface area contributed by atoms with Crippen molar-refractivity contribution in [2.45, 2.75) is 121 Å². The minimum absolute atomic E-state index is 0.0886. The summed E-state index contributed by atoms with van der Waals surface area (Å²) in [6, 6.07) is 24.9. The fraction of sp³-hybridized carbons (Fsp3) is 0.469. The van der Waals surface area contributed by atoms with Crippen molar-refractivity contribution in [2.24, 2.45) is 17.8 Å². The molecule has 2 aliphatic carbocycles. The number of carbonyl (C=O) groups excluding carboxylic acids is 4. The van der Waals surface area contributed by atoms with Crippen molar-refractivity contribution in [2.75, 3.05) is 6.61 Å². The van der Waals surface area contributed by atoms with E-state index in [1.54, 1.807) is 36.4 Å². The van der Waals surface area contributed by atoms with Gasteiger partial charge in [-0.05, 0) is 96.5 Å². The van der Waals surface area contributed by atoms with Crippen LogP contribution in [0.1, 0.15) is 112 Å². The Hall–Kier alpha value is -4.80. The zero-order valence-corrected chi connectivity index (χ0v) is 36.6. The summed E-state index contributed by atoms with van der Waals surface area (Å²) in [4.78, 5) is 55.0. The number of amides is 1. The molecule has 2 bridgehead atoms. The Bertz CT molecular complexity index is 1870. The minimum atomic E-state index is -2.78. The maximum atomic E-state index is 15.2. The summed E-state index contributed by atoms with van der Waals surface area (Å²) in [6.45, 7) is 20.6. The van der Waals surface area contributed by atoms with Crippen molar-refractivity contribution >= 4 is 32.1 Å². The highest BCUT2D eigenvalue weighted by molar-refractivity contribution is 6.77. The van der Waals surface area contributed by atoms with Crippen molar-refractivity contribution in [3.05, 3.63) is 132 Å². The minimum Gasteiger partial charge on any atom is -0.462 e. The van der Waals surface area contributed by atoms with E-state index in [2.05, 4.69) is 60.0 Å². The number of rotatable bonds is 19. The molecule has 59 heavy (non-hydrogen) atoms. The van der Waals surface area contributed by atoms with Crippen LogP contribution in [0, 0.1) is 17.8 Å². The number of nitrogens with one attached hydrogen (secondary N) is 1. The van der Waals surface area contributed by atoms with Crippen LogP contribution in [0.25, 0.3) is 0 Å². The average Bonchev–Trinajstić information content (AvgIpc) is 3.23. The van der Waals surface area contributed by atoms with E-state index in [0.29, 0.717) is 43.2 Å². The Morgan fingerprint density at radius 1 is 0.763 bits per heavy atom. The molecule has 0 spiro atoms. The SMILES string of the molecule is C=CCCc1ccccc1[C@H](NC(=O)c1ccccc1)[C@@H](O[Si](C(C)C)(C(C)C)C(C)C)C(=O)OC1CC2CC(COC(=O)C=C)C(OC(=O)c3ccccc3)C(C2)C1. The quantitative estimate of drug-likeness (QED) is 0.0418. The third-order valence-corrected chi connectivity index (χ3v) is 18.5. The van der Waals surface area contributed by atoms with Gasteiger partial charge in [-0.3, -0.25) is 4.79 Å². The van der Waals surface area contributed by atoms with Crippen LogP contribution >= 0.6 is 0 Å². The highest BCUT2D eigenvalue weighted by Gasteiger charge is 2.52. The van der Waals surface area contributed by atoms with Gasteiger partial charge in [0.25, 0.3) is 5.91 Å². The number of fused-ring (bicyclic) bond motifs is 2. The zero-order chi connectivity index (χ0) is 42.7. The topological polar surface area (TPSA) is 117 Å². The number of hydrogen-bond acceptors (Lipinski definition) is 8. The van der Waals surface area contributed by atoms with Gasteiger partial charge in [0.2, 0.25) is 8.32 Å². The summed E-state index contributed by atoms with van der Waals surface area (Å²) in [5.74, 6) is -2.08. The molecule has 5 unspecified atom stereocenters. The second kappa shape index (κ2) is 20.9. The van der Waals surface area contributed by atoms with Gasteiger partial charge >= 0.3 is 17.9 Å². The van der Waals surface area contributed by atoms with E-state index < -0.39 is 50.6 Å². The van der Waals surface area contributed by atoms with Crippen molar-refractivity contribution in [3.8, 4) is 0 Å². The summed E-state index contributed by atoms with van der Waals surface area (Å²) >= 11 is 0. The third-order valence-electron chi connectivity index (χ3n) is 12.4. The Labute approximate surface area is 352 Å². The predicted molar refractivity (Wildman–Crippen MR) is 233 cm³/mol. The monoisotopic (exact) mass is 821 g/mol. The molecule has 7 atom stereocenters. The molecular weight excluding hydrogens is 759 g/mol. The lowest BCUT2D eigenvalue weighted by Gasteiger charge is -2.47. The van der Waals surface area contributed by atoms with Crippen LogP contribution < -0.4 is 5.32 Å². The summed E-state index contributed by atoms with van der Waals surface area (Å²) < 4.78 is 25.8. The van der Waals surface area contributed by atoms with Crippen molar-refractivity contribution < 1.29 is 37.8 Å². The van der Waals surface area contributed by atoms with E-state index in [0.717, 1.165) is 23.6 Å². The molecule has 0 aromatic heterocycles. The molecule has 5 rings (SSSR count). The van der Waals surface area contributed by atoms with Crippen LogP contribution in [0.15, 0.2) is 110 Å². The van der Waals surface area contributed by atoms with E-state index in [1.807, 2.05) is 54.6 Å². The smallest absolute Gasteiger partial charge is 0.338 e. The highest BCUT2D eigenvalue weighted by Crippen LogP contribution is 2.47. The normalized spacial score (nSPS) is 21.3. The molecule has 9 nitrogen and oxygen atoms in total. The largest absolute Gasteiger partial charge is 0.462 e. The van der Waals surface area contributed by atoms with Crippen LogP contribution in [0.4, 0.5) is 0 Å².